The van der Waals surface area contributed by atoms with Gasteiger partial charge in [0.15, 0.2) is 0 Å². The van der Waals surface area contributed by atoms with E-state index >= 15 is 0 Å². The van der Waals surface area contributed by atoms with Crippen molar-refractivity contribution in [3.05, 3.63) is 0 Å². The van der Waals surface area contributed by atoms with Crippen molar-refractivity contribution in [3.63, 3.8) is 0 Å². The van der Waals surface area contributed by atoms with Gasteiger partial charge >= 0.3 is 5.97 Å². The quantitative estimate of drug-likeness (QED) is 0.525. The predicted octanol–water partition coefficient (Wildman–Crippen LogP) is 3.69. The van der Waals surface area contributed by atoms with Crippen molar-refractivity contribution in [2.24, 2.45) is 5.92 Å². The highest BCUT2D eigenvalue weighted by Crippen LogP contribution is 2.21. The van der Waals surface area contributed by atoms with Gasteiger partial charge in [-0.1, -0.05) is 45.4 Å². The summed E-state index contributed by atoms with van der Waals surface area (Å²) in [5.41, 5.74) is 0. The number of hydrogen-bond acceptors (Lipinski definition) is 2. The fraction of sp³-hybridized carbons (Fsp3) is 0.923. The van der Waals surface area contributed by atoms with Gasteiger partial charge in [0.2, 0.25) is 0 Å². The van der Waals surface area contributed by atoms with E-state index in [0.29, 0.717) is 6.61 Å². The highest BCUT2D eigenvalue weighted by Gasteiger charge is 2.19. The van der Waals surface area contributed by atoms with Gasteiger partial charge < -0.3 is 4.74 Å². The Balaban J connectivity index is 2.31. The lowest BCUT2D eigenvalue weighted by atomic mass is 9.95. The van der Waals surface area contributed by atoms with Crippen LogP contribution in [0.4, 0.5) is 0 Å². The summed E-state index contributed by atoms with van der Waals surface area (Å²) in [6, 6.07) is 0. The molecule has 15 heavy (non-hydrogen) atoms. The number of carbonyl (C=O) groups excluding carboxylic acids is 1. The summed E-state index contributed by atoms with van der Waals surface area (Å²) in [6.45, 7) is 2.84. The standard InChI is InChI=1S/C13H24O2/c1-2-3-6-9-12-10-7-4-5-8-11-15-13(12)14/h12H,2-11H2,1H3. The molecular formula is C13H24O2. The number of unbranched alkanes of at least 4 members (excludes halogenated alkanes) is 2. The topological polar surface area (TPSA) is 26.3 Å². The van der Waals surface area contributed by atoms with E-state index in [1.807, 2.05) is 0 Å². The second-order valence-electron chi connectivity index (χ2n) is 4.56. The first kappa shape index (κ1) is 12.5. The van der Waals surface area contributed by atoms with E-state index in [4.69, 9.17) is 4.74 Å². The van der Waals surface area contributed by atoms with Crippen molar-refractivity contribution < 1.29 is 9.53 Å². The van der Waals surface area contributed by atoms with E-state index in [1.54, 1.807) is 0 Å². The van der Waals surface area contributed by atoms with Crippen molar-refractivity contribution in [2.75, 3.05) is 6.61 Å². The zero-order valence-corrected chi connectivity index (χ0v) is 9.96. The molecule has 88 valence electrons. The van der Waals surface area contributed by atoms with Crippen LogP contribution in [-0.2, 0) is 9.53 Å². The third-order valence-electron chi connectivity index (χ3n) is 3.18. The van der Waals surface area contributed by atoms with E-state index in [2.05, 4.69) is 6.92 Å². The Labute approximate surface area is 93.4 Å². The maximum absolute atomic E-state index is 11.7. The molecule has 0 aromatic heterocycles. The molecule has 0 bridgehead atoms. The molecular weight excluding hydrogens is 188 g/mol. The molecule has 2 nitrogen and oxygen atoms in total. The minimum Gasteiger partial charge on any atom is -0.465 e. The molecule has 1 aliphatic heterocycles. The van der Waals surface area contributed by atoms with Gasteiger partial charge in [-0.3, -0.25) is 4.79 Å². The van der Waals surface area contributed by atoms with Gasteiger partial charge in [0, 0.05) is 0 Å². The van der Waals surface area contributed by atoms with Crippen molar-refractivity contribution in [1.82, 2.24) is 0 Å². The van der Waals surface area contributed by atoms with Crippen molar-refractivity contribution in [2.45, 2.75) is 64.7 Å². The van der Waals surface area contributed by atoms with Crippen LogP contribution in [0.5, 0.6) is 0 Å². The van der Waals surface area contributed by atoms with Crippen LogP contribution in [-0.4, -0.2) is 12.6 Å². The molecule has 2 heteroatoms. The summed E-state index contributed by atoms with van der Waals surface area (Å²) in [5.74, 6) is 0.252. The Morgan fingerprint density at radius 1 is 1.20 bits per heavy atom. The van der Waals surface area contributed by atoms with Gasteiger partial charge in [-0.25, -0.2) is 0 Å². The van der Waals surface area contributed by atoms with E-state index in [1.165, 1.54) is 38.5 Å². The molecule has 1 fully saturated rings. The summed E-state index contributed by atoms with van der Waals surface area (Å²) < 4.78 is 5.27. The Bertz CT molecular complexity index is 177. The van der Waals surface area contributed by atoms with Crippen LogP contribution in [0.2, 0.25) is 0 Å². The molecule has 1 aliphatic rings. The van der Waals surface area contributed by atoms with Gasteiger partial charge in [-0.05, 0) is 19.3 Å². The van der Waals surface area contributed by atoms with E-state index < -0.39 is 0 Å². The molecule has 0 radical (unpaired) electrons. The summed E-state index contributed by atoms with van der Waals surface area (Å²) >= 11 is 0. The van der Waals surface area contributed by atoms with E-state index in [0.717, 1.165) is 19.3 Å². The van der Waals surface area contributed by atoms with Crippen LogP contribution in [0, 0.1) is 5.92 Å². The van der Waals surface area contributed by atoms with Crippen molar-refractivity contribution in [1.29, 1.82) is 0 Å². The molecule has 1 heterocycles. The summed E-state index contributed by atoms with van der Waals surface area (Å²) in [7, 11) is 0. The smallest absolute Gasteiger partial charge is 0.308 e. The van der Waals surface area contributed by atoms with Crippen molar-refractivity contribution in [3.8, 4) is 0 Å². The number of carbonyl (C=O) groups is 1. The first-order valence-corrected chi connectivity index (χ1v) is 6.51. The predicted molar refractivity (Wildman–Crippen MR) is 61.7 cm³/mol. The lowest BCUT2D eigenvalue weighted by Crippen LogP contribution is -2.17. The lowest BCUT2D eigenvalue weighted by Gasteiger charge is -2.13. The minimum absolute atomic E-state index is 0.0630. The summed E-state index contributed by atoms with van der Waals surface area (Å²) in [5, 5.41) is 0. The normalized spacial score (nSPS) is 23.8. The molecule has 0 saturated carbocycles. The number of hydrogen-bond donors (Lipinski definition) is 0. The van der Waals surface area contributed by atoms with Crippen LogP contribution in [0.3, 0.4) is 0 Å². The fourth-order valence-corrected chi connectivity index (χ4v) is 2.16. The zero-order valence-electron chi connectivity index (χ0n) is 9.96. The van der Waals surface area contributed by atoms with Gasteiger partial charge in [0.25, 0.3) is 0 Å². The van der Waals surface area contributed by atoms with Crippen LogP contribution in [0.1, 0.15) is 64.7 Å². The van der Waals surface area contributed by atoms with Crippen LogP contribution < -0.4 is 0 Å². The Hall–Kier alpha value is -0.530. The van der Waals surface area contributed by atoms with Gasteiger partial charge in [0.05, 0.1) is 12.5 Å². The molecule has 1 rings (SSSR count). The maximum atomic E-state index is 11.7. The molecule has 1 unspecified atom stereocenters. The molecule has 1 atom stereocenters. The first-order chi connectivity index (χ1) is 7.34. The Morgan fingerprint density at radius 3 is 2.80 bits per heavy atom. The fourth-order valence-electron chi connectivity index (χ4n) is 2.16. The molecule has 0 amide bonds. The zero-order chi connectivity index (χ0) is 10.9. The number of ether oxygens (including phenoxy) is 1. The van der Waals surface area contributed by atoms with Crippen LogP contribution in [0.15, 0.2) is 0 Å². The van der Waals surface area contributed by atoms with Crippen LogP contribution >= 0.6 is 0 Å². The highest BCUT2D eigenvalue weighted by atomic mass is 16.5. The molecule has 1 saturated heterocycles. The summed E-state index contributed by atoms with van der Waals surface area (Å²) in [4.78, 5) is 11.7. The second-order valence-corrected chi connectivity index (χ2v) is 4.56. The third kappa shape index (κ3) is 5.19. The van der Waals surface area contributed by atoms with E-state index in [9.17, 15) is 4.79 Å². The number of esters is 1. The number of rotatable bonds is 4. The average molecular weight is 212 g/mol. The monoisotopic (exact) mass is 212 g/mol. The highest BCUT2D eigenvalue weighted by molar-refractivity contribution is 5.72. The SMILES string of the molecule is CCCCCC1CCCCCCOC1=O. The summed E-state index contributed by atoms with van der Waals surface area (Å²) in [6.07, 6.45) is 10.5. The number of cyclic esters (lactones) is 1. The molecule has 0 spiro atoms. The Kier molecular flexibility index (Phi) is 6.45. The second kappa shape index (κ2) is 7.72. The average Bonchev–Trinajstić information content (AvgIpc) is 2.33. The third-order valence-corrected chi connectivity index (χ3v) is 3.18. The molecule has 0 N–H and O–H groups in total. The maximum Gasteiger partial charge on any atom is 0.308 e. The van der Waals surface area contributed by atoms with Gasteiger partial charge in [0.1, 0.15) is 0 Å². The molecule has 0 aromatic carbocycles. The lowest BCUT2D eigenvalue weighted by molar-refractivity contribution is -0.149. The minimum atomic E-state index is 0.0630. The molecule has 0 aromatic rings. The molecule has 0 aliphatic carbocycles. The first-order valence-electron chi connectivity index (χ1n) is 6.51. The van der Waals surface area contributed by atoms with Crippen molar-refractivity contribution >= 4 is 5.97 Å². The van der Waals surface area contributed by atoms with E-state index in [-0.39, 0.29) is 11.9 Å². The van der Waals surface area contributed by atoms with Crippen LogP contribution in [0.25, 0.3) is 0 Å². The Morgan fingerprint density at radius 2 is 2.00 bits per heavy atom. The largest absolute Gasteiger partial charge is 0.465 e. The van der Waals surface area contributed by atoms with Gasteiger partial charge in [-0.15, -0.1) is 0 Å². The van der Waals surface area contributed by atoms with Gasteiger partial charge in [-0.2, -0.15) is 0 Å².